The third kappa shape index (κ3) is 2.79. The normalized spacial score (nSPS) is 18.3. The van der Waals surface area contributed by atoms with Crippen LogP contribution in [0.3, 0.4) is 0 Å². The van der Waals surface area contributed by atoms with E-state index in [4.69, 9.17) is 9.57 Å². The van der Waals surface area contributed by atoms with Crippen LogP contribution in [-0.4, -0.2) is 41.5 Å². The molecular formula is C15H17F2N3O3. The van der Waals surface area contributed by atoms with E-state index < -0.39 is 17.5 Å². The molecule has 1 saturated heterocycles. The van der Waals surface area contributed by atoms with Gasteiger partial charge in [0.25, 0.3) is 5.91 Å². The summed E-state index contributed by atoms with van der Waals surface area (Å²) < 4.78 is 34.9. The summed E-state index contributed by atoms with van der Waals surface area (Å²) in [6, 6.07) is 0.864. The number of amides is 1. The summed E-state index contributed by atoms with van der Waals surface area (Å²) >= 11 is 0. The number of rotatable bonds is 3. The van der Waals surface area contributed by atoms with E-state index in [2.05, 4.69) is 5.10 Å². The van der Waals surface area contributed by atoms with Gasteiger partial charge in [0.15, 0.2) is 11.6 Å². The highest BCUT2D eigenvalue weighted by molar-refractivity contribution is 6.05. The van der Waals surface area contributed by atoms with Crippen molar-refractivity contribution in [2.24, 2.45) is 0 Å². The first-order chi connectivity index (χ1) is 11.0. The Morgan fingerprint density at radius 3 is 2.91 bits per heavy atom. The van der Waals surface area contributed by atoms with E-state index in [0.29, 0.717) is 6.61 Å². The van der Waals surface area contributed by atoms with E-state index in [1.807, 2.05) is 0 Å². The number of fused-ring (bicyclic) bond motifs is 1. The van der Waals surface area contributed by atoms with Gasteiger partial charge in [-0.3, -0.25) is 9.63 Å². The molecule has 1 aliphatic rings. The molecule has 2 heterocycles. The second-order valence-electron chi connectivity index (χ2n) is 5.40. The highest BCUT2D eigenvalue weighted by Gasteiger charge is 2.25. The molecule has 0 radical (unpaired) electrons. The van der Waals surface area contributed by atoms with Crippen molar-refractivity contribution >= 4 is 16.8 Å². The maximum atomic E-state index is 14.1. The number of nitrogens with zero attached hydrogens (tertiary/aromatic N) is 3. The Bertz CT molecular complexity index is 741. The van der Waals surface area contributed by atoms with E-state index in [-0.39, 0.29) is 22.7 Å². The van der Waals surface area contributed by atoms with Gasteiger partial charge in [-0.1, -0.05) is 0 Å². The quantitative estimate of drug-likeness (QED) is 0.814. The standard InChI is InChI=1S/C15H17F2N3O3/c1-19(22-2)15(21)9-7-11(16)13(17)14-10(9)8-20(18-14)12-5-3-4-6-23-12/h7-8,12H,3-6H2,1-2H3. The van der Waals surface area contributed by atoms with Crippen LogP contribution in [0.25, 0.3) is 10.9 Å². The number of hydrogen-bond acceptors (Lipinski definition) is 4. The molecule has 0 spiro atoms. The fraction of sp³-hybridized carbons (Fsp3) is 0.467. The minimum atomic E-state index is -1.12. The van der Waals surface area contributed by atoms with Gasteiger partial charge in [0.1, 0.15) is 11.7 Å². The van der Waals surface area contributed by atoms with Crippen LogP contribution >= 0.6 is 0 Å². The Labute approximate surface area is 131 Å². The maximum Gasteiger partial charge on any atom is 0.277 e. The molecule has 1 atom stereocenters. The Kier molecular flexibility index (Phi) is 4.27. The number of hydroxylamine groups is 2. The molecule has 1 aromatic heterocycles. The molecule has 3 rings (SSSR count). The van der Waals surface area contributed by atoms with E-state index in [1.165, 1.54) is 25.0 Å². The monoisotopic (exact) mass is 325 g/mol. The summed E-state index contributed by atoms with van der Waals surface area (Å²) in [4.78, 5) is 17.1. The predicted molar refractivity (Wildman–Crippen MR) is 77.6 cm³/mol. The van der Waals surface area contributed by atoms with Crippen LogP contribution in [0.5, 0.6) is 0 Å². The summed E-state index contributed by atoms with van der Waals surface area (Å²) in [6.07, 6.45) is 3.85. The lowest BCUT2D eigenvalue weighted by Gasteiger charge is -2.22. The maximum absolute atomic E-state index is 14.1. The third-order valence-corrected chi connectivity index (χ3v) is 3.95. The van der Waals surface area contributed by atoms with Crippen molar-refractivity contribution in [3.63, 3.8) is 0 Å². The fourth-order valence-electron chi connectivity index (χ4n) is 2.64. The van der Waals surface area contributed by atoms with E-state index in [0.717, 1.165) is 30.4 Å². The molecule has 6 nitrogen and oxygen atoms in total. The minimum Gasteiger partial charge on any atom is -0.357 e. The Morgan fingerprint density at radius 1 is 1.48 bits per heavy atom. The number of benzene rings is 1. The van der Waals surface area contributed by atoms with Gasteiger partial charge in [-0.2, -0.15) is 5.10 Å². The largest absolute Gasteiger partial charge is 0.357 e. The van der Waals surface area contributed by atoms with Crippen LogP contribution in [0.2, 0.25) is 0 Å². The summed E-state index contributed by atoms with van der Waals surface area (Å²) in [7, 11) is 2.71. The number of carbonyl (C=O) groups excluding carboxylic acids is 1. The van der Waals surface area contributed by atoms with Crippen molar-refractivity contribution in [1.29, 1.82) is 0 Å². The highest BCUT2D eigenvalue weighted by atomic mass is 19.2. The molecule has 1 unspecified atom stereocenters. The van der Waals surface area contributed by atoms with Crippen molar-refractivity contribution < 1.29 is 23.1 Å². The molecule has 1 aromatic carbocycles. The second-order valence-corrected chi connectivity index (χ2v) is 5.40. The summed E-state index contributed by atoms with van der Waals surface area (Å²) in [5.74, 6) is -2.79. The van der Waals surface area contributed by atoms with Gasteiger partial charge in [-0.15, -0.1) is 0 Å². The van der Waals surface area contributed by atoms with E-state index in [9.17, 15) is 13.6 Å². The molecule has 0 saturated carbocycles. The smallest absolute Gasteiger partial charge is 0.277 e. The Morgan fingerprint density at radius 2 is 2.26 bits per heavy atom. The number of halogens is 2. The summed E-state index contributed by atoms with van der Waals surface area (Å²) in [5.41, 5.74) is -0.197. The number of carbonyl (C=O) groups is 1. The van der Waals surface area contributed by atoms with Crippen molar-refractivity contribution in [3.8, 4) is 0 Å². The molecular weight excluding hydrogens is 308 g/mol. The molecule has 2 aromatic rings. The van der Waals surface area contributed by atoms with Crippen LogP contribution in [0.1, 0.15) is 35.8 Å². The van der Waals surface area contributed by atoms with Crippen LogP contribution in [0, 0.1) is 11.6 Å². The average molecular weight is 325 g/mol. The van der Waals surface area contributed by atoms with Crippen LogP contribution < -0.4 is 0 Å². The van der Waals surface area contributed by atoms with Gasteiger partial charge in [-0.25, -0.2) is 18.5 Å². The fourth-order valence-corrected chi connectivity index (χ4v) is 2.64. The van der Waals surface area contributed by atoms with E-state index in [1.54, 1.807) is 0 Å². The van der Waals surface area contributed by atoms with Gasteiger partial charge < -0.3 is 4.74 Å². The van der Waals surface area contributed by atoms with Gasteiger partial charge in [0.2, 0.25) is 0 Å². The minimum absolute atomic E-state index is 0.00897. The van der Waals surface area contributed by atoms with Crippen molar-refractivity contribution in [1.82, 2.24) is 14.8 Å². The van der Waals surface area contributed by atoms with Crippen molar-refractivity contribution in [3.05, 3.63) is 29.5 Å². The lowest BCUT2D eigenvalue weighted by Crippen LogP contribution is -2.25. The summed E-state index contributed by atoms with van der Waals surface area (Å²) in [5, 5.41) is 5.26. The van der Waals surface area contributed by atoms with Crippen molar-refractivity contribution in [2.75, 3.05) is 20.8 Å². The molecule has 124 valence electrons. The molecule has 0 bridgehead atoms. The molecule has 8 heteroatoms. The SMILES string of the molecule is CON(C)C(=O)c1cc(F)c(F)c2nn(C3CCCCO3)cc12. The Hall–Kier alpha value is -2.06. The third-order valence-electron chi connectivity index (χ3n) is 3.95. The van der Waals surface area contributed by atoms with E-state index >= 15 is 0 Å². The predicted octanol–water partition coefficient (Wildman–Crippen LogP) is 2.65. The molecule has 0 aliphatic carbocycles. The van der Waals surface area contributed by atoms with Crippen LogP contribution in [-0.2, 0) is 9.57 Å². The molecule has 1 amide bonds. The number of hydrogen-bond donors (Lipinski definition) is 0. The highest BCUT2D eigenvalue weighted by Crippen LogP contribution is 2.28. The lowest BCUT2D eigenvalue weighted by molar-refractivity contribution is -0.0756. The van der Waals surface area contributed by atoms with Crippen LogP contribution in [0.4, 0.5) is 8.78 Å². The topological polar surface area (TPSA) is 56.6 Å². The van der Waals surface area contributed by atoms with Gasteiger partial charge >= 0.3 is 0 Å². The zero-order valence-corrected chi connectivity index (χ0v) is 12.9. The molecule has 0 N–H and O–H groups in total. The molecule has 23 heavy (non-hydrogen) atoms. The van der Waals surface area contributed by atoms with Gasteiger partial charge in [0, 0.05) is 25.2 Å². The Balaban J connectivity index is 2.11. The molecule has 1 fully saturated rings. The van der Waals surface area contributed by atoms with Crippen molar-refractivity contribution in [2.45, 2.75) is 25.5 Å². The first-order valence-corrected chi connectivity index (χ1v) is 7.33. The van der Waals surface area contributed by atoms with Gasteiger partial charge in [0.05, 0.1) is 12.7 Å². The zero-order chi connectivity index (χ0) is 16.6. The summed E-state index contributed by atoms with van der Waals surface area (Å²) in [6.45, 7) is 0.593. The lowest BCUT2D eigenvalue weighted by atomic mass is 10.1. The average Bonchev–Trinajstić information content (AvgIpc) is 3.03. The first kappa shape index (κ1) is 15.8. The zero-order valence-electron chi connectivity index (χ0n) is 12.9. The number of ether oxygens (including phenoxy) is 1. The van der Waals surface area contributed by atoms with Gasteiger partial charge in [-0.05, 0) is 25.3 Å². The molecule has 1 aliphatic heterocycles. The second kappa shape index (κ2) is 6.21. The van der Waals surface area contributed by atoms with Crippen LogP contribution in [0.15, 0.2) is 12.3 Å². The number of aromatic nitrogens is 2. The first-order valence-electron chi connectivity index (χ1n) is 7.33.